The highest BCUT2D eigenvalue weighted by Gasteiger charge is 2.39. The van der Waals surface area contributed by atoms with E-state index in [1.165, 1.54) is 0 Å². The van der Waals surface area contributed by atoms with Gasteiger partial charge in [0.05, 0.1) is 12.3 Å². The van der Waals surface area contributed by atoms with Crippen molar-refractivity contribution < 1.29 is 13.9 Å². The van der Waals surface area contributed by atoms with Crippen molar-refractivity contribution in [1.29, 1.82) is 0 Å². The van der Waals surface area contributed by atoms with E-state index in [1.807, 2.05) is 0 Å². The third kappa shape index (κ3) is 3.79. The number of rotatable bonds is 5. The highest BCUT2D eigenvalue weighted by molar-refractivity contribution is 7.09. The molecule has 0 saturated carbocycles. The monoisotopic (exact) mass is 343 g/mol. The van der Waals surface area contributed by atoms with Gasteiger partial charge in [-0.15, -0.1) is 11.3 Å². The minimum absolute atomic E-state index is 0.223. The first-order valence-electron chi connectivity index (χ1n) is 7.92. The van der Waals surface area contributed by atoms with E-state index < -0.39 is 8.32 Å². The Balaban J connectivity index is 2.05. The fourth-order valence-electron chi connectivity index (χ4n) is 2.26. The summed E-state index contributed by atoms with van der Waals surface area (Å²) in [5.41, 5.74) is 0.755. The standard InChI is InChI=1S/C16H29NO3SSi/c1-15(2,3)22(5,6)20-11-13-12-21-14(17-13)16(18-4)7-9-19-10-8-16/h12H,7-11H2,1-6H3. The summed E-state index contributed by atoms with van der Waals surface area (Å²) in [6.07, 6.45) is 1.75. The number of thiazole rings is 1. The lowest BCUT2D eigenvalue weighted by Crippen LogP contribution is -2.40. The van der Waals surface area contributed by atoms with Gasteiger partial charge in [-0.05, 0) is 18.1 Å². The third-order valence-corrected chi connectivity index (χ3v) is 10.6. The van der Waals surface area contributed by atoms with Crippen LogP contribution in [0, 0.1) is 0 Å². The van der Waals surface area contributed by atoms with Gasteiger partial charge in [0.2, 0.25) is 0 Å². The molecule has 0 radical (unpaired) electrons. The van der Waals surface area contributed by atoms with E-state index >= 15 is 0 Å². The van der Waals surface area contributed by atoms with Gasteiger partial charge in [-0.1, -0.05) is 20.8 Å². The number of hydrogen-bond donors (Lipinski definition) is 0. The van der Waals surface area contributed by atoms with Crippen LogP contribution in [-0.2, 0) is 26.1 Å². The molecule has 0 aromatic carbocycles. The van der Waals surface area contributed by atoms with Crippen molar-refractivity contribution in [2.24, 2.45) is 0 Å². The van der Waals surface area contributed by atoms with E-state index in [-0.39, 0.29) is 10.6 Å². The molecule has 4 nitrogen and oxygen atoms in total. The van der Waals surface area contributed by atoms with E-state index in [0.29, 0.717) is 6.61 Å². The SMILES string of the molecule is COC1(c2nc(CO[Si](C)(C)C(C)(C)C)cs2)CCOCC1. The van der Waals surface area contributed by atoms with Gasteiger partial charge in [-0.25, -0.2) is 4.98 Å². The van der Waals surface area contributed by atoms with E-state index in [4.69, 9.17) is 18.9 Å². The first-order chi connectivity index (χ1) is 10.2. The Morgan fingerprint density at radius 1 is 1.32 bits per heavy atom. The first kappa shape index (κ1) is 18.1. The fraction of sp³-hybridized carbons (Fsp3) is 0.812. The molecule has 1 fully saturated rings. The minimum atomic E-state index is -1.73. The molecule has 1 aliphatic rings. The Kier molecular flexibility index (Phi) is 5.49. The maximum absolute atomic E-state index is 6.26. The van der Waals surface area contributed by atoms with Crippen LogP contribution in [0.15, 0.2) is 5.38 Å². The molecule has 1 saturated heterocycles. The van der Waals surface area contributed by atoms with E-state index in [2.05, 4.69) is 39.2 Å². The zero-order valence-corrected chi connectivity index (χ0v) is 16.5. The van der Waals surface area contributed by atoms with Crippen molar-refractivity contribution in [2.75, 3.05) is 20.3 Å². The second-order valence-corrected chi connectivity index (χ2v) is 13.2. The molecule has 0 unspecified atom stereocenters. The van der Waals surface area contributed by atoms with Gasteiger partial charge in [-0.3, -0.25) is 0 Å². The molecule has 22 heavy (non-hydrogen) atoms. The summed E-state index contributed by atoms with van der Waals surface area (Å²) >= 11 is 1.68. The molecule has 1 aliphatic heterocycles. The highest BCUT2D eigenvalue weighted by Crippen LogP contribution is 2.39. The van der Waals surface area contributed by atoms with Crippen molar-refractivity contribution in [2.45, 2.75) is 64.0 Å². The molecule has 0 aliphatic carbocycles. The number of ether oxygens (including phenoxy) is 2. The van der Waals surface area contributed by atoms with Crippen molar-refractivity contribution in [3.8, 4) is 0 Å². The minimum Gasteiger partial charge on any atom is -0.411 e. The van der Waals surface area contributed by atoms with Crippen molar-refractivity contribution >= 4 is 19.7 Å². The molecule has 2 rings (SSSR count). The van der Waals surface area contributed by atoms with Crippen molar-refractivity contribution in [1.82, 2.24) is 4.98 Å². The summed E-state index contributed by atoms with van der Waals surface area (Å²) < 4.78 is 17.5. The van der Waals surface area contributed by atoms with Crippen LogP contribution in [0.25, 0.3) is 0 Å². The average molecular weight is 344 g/mol. The first-order valence-corrected chi connectivity index (χ1v) is 11.7. The predicted molar refractivity (Wildman–Crippen MR) is 92.8 cm³/mol. The Morgan fingerprint density at radius 3 is 2.50 bits per heavy atom. The molecule has 1 aromatic heterocycles. The van der Waals surface area contributed by atoms with Gasteiger partial charge >= 0.3 is 0 Å². The Labute approximate surface area is 139 Å². The molecule has 0 N–H and O–H groups in total. The molecule has 0 amide bonds. The molecular weight excluding hydrogens is 314 g/mol. The third-order valence-electron chi connectivity index (χ3n) is 5.02. The molecule has 0 atom stereocenters. The van der Waals surface area contributed by atoms with Crippen LogP contribution in [0.5, 0.6) is 0 Å². The predicted octanol–water partition coefficient (Wildman–Crippen LogP) is 4.32. The second-order valence-electron chi connectivity index (χ2n) is 7.50. The van der Waals surface area contributed by atoms with Gasteiger partial charge in [-0.2, -0.15) is 0 Å². The summed E-state index contributed by atoms with van der Waals surface area (Å²) in [5.74, 6) is 0. The van der Waals surface area contributed by atoms with Crippen molar-refractivity contribution in [3.05, 3.63) is 16.1 Å². The van der Waals surface area contributed by atoms with Crippen LogP contribution in [-0.4, -0.2) is 33.6 Å². The van der Waals surface area contributed by atoms with Gasteiger partial charge in [0.25, 0.3) is 0 Å². The quantitative estimate of drug-likeness (QED) is 0.747. The largest absolute Gasteiger partial charge is 0.411 e. The average Bonchev–Trinajstić information content (AvgIpc) is 2.94. The summed E-state index contributed by atoms with van der Waals surface area (Å²) in [5, 5.41) is 3.39. The topological polar surface area (TPSA) is 40.6 Å². The van der Waals surface area contributed by atoms with Crippen LogP contribution in [0.3, 0.4) is 0 Å². The van der Waals surface area contributed by atoms with Crippen LogP contribution in [0.4, 0.5) is 0 Å². The molecule has 0 spiro atoms. The fourth-order valence-corrected chi connectivity index (χ4v) is 4.24. The molecule has 1 aromatic rings. The second kappa shape index (κ2) is 6.69. The van der Waals surface area contributed by atoms with Crippen LogP contribution >= 0.6 is 11.3 Å². The van der Waals surface area contributed by atoms with E-state index in [0.717, 1.165) is 36.8 Å². The van der Waals surface area contributed by atoms with E-state index in [1.54, 1.807) is 18.4 Å². The summed E-state index contributed by atoms with van der Waals surface area (Å²) in [6.45, 7) is 13.4. The lowest BCUT2D eigenvalue weighted by molar-refractivity contribution is -0.0949. The van der Waals surface area contributed by atoms with Gasteiger partial charge in [0, 0.05) is 38.5 Å². The van der Waals surface area contributed by atoms with Crippen LogP contribution < -0.4 is 0 Å². The number of methoxy groups -OCH3 is 1. The number of aromatic nitrogens is 1. The normalized spacial score (nSPS) is 19.4. The maximum Gasteiger partial charge on any atom is 0.192 e. The van der Waals surface area contributed by atoms with Gasteiger partial charge < -0.3 is 13.9 Å². The number of hydrogen-bond acceptors (Lipinski definition) is 5. The molecule has 126 valence electrons. The molecule has 6 heteroatoms. The van der Waals surface area contributed by atoms with E-state index in [9.17, 15) is 0 Å². The maximum atomic E-state index is 6.26. The zero-order chi connectivity index (χ0) is 16.4. The number of nitrogens with zero attached hydrogens (tertiary/aromatic N) is 1. The smallest absolute Gasteiger partial charge is 0.192 e. The molecular formula is C16H29NO3SSi. The lowest BCUT2D eigenvalue weighted by Gasteiger charge is -2.36. The van der Waals surface area contributed by atoms with Crippen LogP contribution in [0.2, 0.25) is 18.1 Å². The molecule has 0 bridgehead atoms. The summed E-state index contributed by atoms with van der Waals surface area (Å²) in [7, 11) is 0.0447. The van der Waals surface area contributed by atoms with Crippen LogP contribution in [0.1, 0.15) is 44.3 Å². The Hall–Kier alpha value is -0.273. The van der Waals surface area contributed by atoms with Gasteiger partial charge in [0.15, 0.2) is 8.32 Å². The van der Waals surface area contributed by atoms with Gasteiger partial charge in [0.1, 0.15) is 10.6 Å². The Bertz CT molecular complexity index is 490. The highest BCUT2D eigenvalue weighted by atomic mass is 32.1. The molecule has 2 heterocycles. The zero-order valence-electron chi connectivity index (χ0n) is 14.7. The van der Waals surface area contributed by atoms with Crippen molar-refractivity contribution in [3.63, 3.8) is 0 Å². The Morgan fingerprint density at radius 2 is 1.95 bits per heavy atom. The summed E-state index contributed by atoms with van der Waals surface area (Å²) in [6, 6.07) is 0. The summed E-state index contributed by atoms with van der Waals surface area (Å²) in [4.78, 5) is 4.80. The lowest BCUT2D eigenvalue weighted by atomic mass is 9.95.